The Morgan fingerprint density at radius 2 is 2.06 bits per heavy atom. The Balaban J connectivity index is 1.47. The number of fused-ring (bicyclic) bond motifs is 1. The fourth-order valence-electron chi connectivity index (χ4n) is 3.42. The lowest BCUT2D eigenvalue weighted by atomic mass is 10.1. The molecule has 1 fully saturated rings. The van der Waals surface area contributed by atoms with Crippen molar-refractivity contribution in [3.8, 4) is 11.3 Å². The zero-order chi connectivity index (χ0) is 24.2. The molecule has 0 aliphatic carbocycles. The number of halogens is 1. The third-order valence-corrected chi connectivity index (χ3v) is 6.11. The maximum absolute atomic E-state index is 13.3. The second-order valence-corrected chi connectivity index (χ2v) is 8.33. The number of aryl methyl sites for hydroxylation is 1. The number of carbonyl (C=O) groups is 3. The summed E-state index contributed by atoms with van der Waals surface area (Å²) in [6.07, 6.45) is 1.62. The van der Waals surface area contributed by atoms with E-state index in [0.29, 0.717) is 33.8 Å². The summed E-state index contributed by atoms with van der Waals surface area (Å²) in [5.74, 6) is -1.44. The van der Waals surface area contributed by atoms with Crippen LogP contribution in [0, 0.1) is 12.7 Å². The number of methoxy groups -OCH3 is 1. The van der Waals surface area contributed by atoms with Gasteiger partial charge in [-0.15, -0.1) is 0 Å². The number of benzene rings is 1. The Bertz CT molecular complexity index is 1290. The topological polar surface area (TPSA) is 112 Å². The van der Waals surface area contributed by atoms with Gasteiger partial charge < -0.3 is 18.9 Å². The minimum Gasteiger partial charge on any atom is -0.466 e. The molecule has 176 valence electrons. The molecule has 0 radical (unpaired) electrons. The summed E-state index contributed by atoms with van der Waals surface area (Å²) < 4.78 is 28.6. The number of rotatable bonds is 7. The summed E-state index contributed by atoms with van der Waals surface area (Å²) in [7, 11) is 1.26. The number of carbonyl (C=O) groups excluding carboxylic acids is 3. The summed E-state index contributed by atoms with van der Waals surface area (Å²) in [6, 6.07) is 7.25. The van der Waals surface area contributed by atoms with Gasteiger partial charge in [-0.05, 0) is 43.7 Å². The Hall–Kier alpha value is -3.73. The highest BCUT2D eigenvalue weighted by Crippen LogP contribution is 2.30. The molecule has 0 atom stereocenters. The highest BCUT2D eigenvalue weighted by molar-refractivity contribution is 8.04. The van der Waals surface area contributed by atoms with Gasteiger partial charge in [-0.25, -0.2) is 19.0 Å². The van der Waals surface area contributed by atoms with Crippen LogP contribution >= 0.6 is 11.8 Å². The summed E-state index contributed by atoms with van der Waals surface area (Å²) in [5.41, 5.74) is 1.89. The molecular weight excluding hydrogens is 465 g/mol. The Kier molecular flexibility index (Phi) is 6.92. The van der Waals surface area contributed by atoms with Crippen LogP contribution in [0.3, 0.4) is 0 Å². The normalized spacial score (nSPS) is 14.7. The van der Waals surface area contributed by atoms with Gasteiger partial charge in [0.2, 0.25) is 5.91 Å². The van der Waals surface area contributed by atoms with Crippen LogP contribution < -0.4 is 0 Å². The maximum Gasteiger partial charge on any atom is 0.339 e. The smallest absolute Gasteiger partial charge is 0.339 e. The first kappa shape index (κ1) is 23.4. The van der Waals surface area contributed by atoms with Crippen molar-refractivity contribution in [2.45, 2.75) is 13.3 Å². The fraction of sp³-hybridized carbons (Fsp3) is 0.261. The molecule has 0 N–H and O–H groups in total. The SMILES string of the molecule is COC(=O)/C=C1/SCC(=O)N1CCCOC(=O)c1cc(-c2ccc(F)cc2)nc2onc(C)c12. The van der Waals surface area contributed by atoms with Gasteiger partial charge in [0.05, 0.1) is 52.9 Å². The summed E-state index contributed by atoms with van der Waals surface area (Å²) in [4.78, 5) is 42.4. The highest BCUT2D eigenvalue weighted by atomic mass is 32.2. The molecule has 1 saturated heterocycles. The molecule has 3 aromatic rings. The van der Waals surface area contributed by atoms with E-state index in [1.54, 1.807) is 25.1 Å². The number of amides is 1. The van der Waals surface area contributed by atoms with Gasteiger partial charge in [0.15, 0.2) is 0 Å². The quantitative estimate of drug-likeness (QED) is 0.282. The molecule has 0 spiro atoms. The molecule has 1 aliphatic rings. The predicted molar refractivity (Wildman–Crippen MR) is 121 cm³/mol. The van der Waals surface area contributed by atoms with Crippen LogP contribution in [-0.2, 0) is 19.1 Å². The minimum atomic E-state index is -0.602. The zero-order valence-electron chi connectivity index (χ0n) is 18.4. The number of thioether (sulfide) groups is 1. The van der Waals surface area contributed by atoms with Crippen LogP contribution in [0.15, 0.2) is 46.0 Å². The van der Waals surface area contributed by atoms with Crippen LogP contribution in [0.5, 0.6) is 0 Å². The van der Waals surface area contributed by atoms with E-state index in [2.05, 4.69) is 14.9 Å². The number of ether oxygens (including phenoxy) is 2. The molecule has 1 aromatic carbocycles. The van der Waals surface area contributed by atoms with Crippen molar-refractivity contribution in [1.82, 2.24) is 15.0 Å². The monoisotopic (exact) mass is 485 g/mol. The molecule has 3 heterocycles. The van der Waals surface area contributed by atoms with Gasteiger partial charge in [-0.2, -0.15) is 0 Å². The van der Waals surface area contributed by atoms with E-state index in [0.717, 1.165) is 0 Å². The van der Waals surface area contributed by atoms with E-state index < -0.39 is 11.9 Å². The van der Waals surface area contributed by atoms with Crippen LogP contribution in [-0.4, -0.2) is 58.9 Å². The average Bonchev–Trinajstić information content (AvgIpc) is 3.38. The van der Waals surface area contributed by atoms with Gasteiger partial charge in [-0.3, -0.25) is 4.79 Å². The second kappa shape index (κ2) is 10.0. The van der Waals surface area contributed by atoms with Crippen molar-refractivity contribution in [1.29, 1.82) is 0 Å². The van der Waals surface area contributed by atoms with Gasteiger partial charge in [0.25, 0.3) is 5.71 Å². The van der Waals surface area contributed by atoms with Crippen molar-refractivity contribution < 1.29 is 32.8 Å². The van der Waals surface area contributed by atoms with Crippen LogP contribution in [0.2, 0.25) is 0 Å². The van der Waals surface area contributed by atoms with Crippen molar-refractivity contribution in [3.63, 3.8) is 0 Å². The van der Waals surface area contributed by atoms with E-state index in [-0.39, 0.29) is 41.9 Å². The van der Waals surface area contributed by atoms with E-state index in [1.165, 1.54) is 42.0 Å². The molecule has 0 saturated carbocycles. The molecule has 1 amide bonds. The summed E-state index contributed by atoms with van der Waals surface area (Å²) in [5, 5.41) is 4.83. The Morgan fingerprint density at radius 3 is 2.79 bits per heavy atom. The van der Waals surface area contributed by atoms with Crippen molar-refractivity contribution >= 4 is 40.7 Å². The number of aromatic nitrogens is 2. The predicted octanol–water partition coefficient (Wildman–Crippen LogP) is 3.47. The third kappa shape index (κ3) is 4.93. The first-order valence-corrected chi connectivity index (χ1v) is 11.3. The lowest BCUT2D eigenvalue weighted by Gasteiger charge is -2.16. The van der Waals surface area contributed by atoms with E-state index in [4.69, 9.17) is 9.26 Å². The van der Waals surface area contributed by atoms with Crippen LogP contribution in [0.4, 0.5) is 4.39 Å². The standard InChI is InChI=1S/C23H20FN3O6S/c1-13-21-16(10-17(25-22(21)33-26-13)14-4-6-15(24)7-5-14)23(30)32-9-3-8-27-18(28)12-34-19(27)11-20(29)31-2/h4-7,10-11H,3,8-9,12H2,1-2H3/b19-11+. The Labute approximate surface area is 197 Å². The van der Waals surface area contributed by atoms with Gasteiger partial charge >= 0.3 is 11.9 Å². The van der Waals surface area contributed by atoms with Crippen LogP contribution in [0.1, 0.15) is 22.5 Å². The third-order valence-electron chi connectivity index (χ3n) is 5.09. The maximum atomic E-state index is 13.3. The lowest BCUT2D eigenvalue weighted by molar-refractivity contribution is -0.134. The molecule has 4 rings (SSSR count). The number of hydrogen-bond acceptors (Lipinski definition) is 9. The molecule has 2 aromatic heterocycles. The summed E-state index contributed by atoms with van der Waals surface area (Å²) >= 11 is 1.25. The van der Waals surface area contributed by atoms with Crippen molar-refractivity contribution in [2.75, 3.05) is 26.0 Å². The second-order valence-electron chi connectivity index (χ2n) is 7.34. The van der Waals surface area contributed by atoms with E-state index in [1.807, 2.05) is 0 Å². The molecule has 9 nitrogen and oxygen atoms in total. The number of nitrogens with zero attached hydrogens (tertiary/aromatic N) is 3. The van der Waals surface area contributed by atoms with Gasteiger partial charge in [0.1, 0.15) is 5.82 Å². The molecule has 11 heteroatoms. The average molecular weight is 485 g/mol. The molecule has 34 heavy (non-hydrogen) atoms. The minimum absolute atomic E-state index is 0.0405. The van der Waals surface area contributed by atoms with Crippen molar-refractivity contribution in [2.24, 2.45) is 0 Å². The number of pyridine rings is 1. The molecule has 0 unspecified atom stereocenters. The molecule has 0 bridgehead atoms. The Morgan fingerprint density at radius 1 is 1.29 bits per heavy atom. The van der Waals surface area contributed by atoms with Crippen molar-refractivity contribution in [3.05, 3.63) is 58.5 Å². The highest BCUT2D eigenvalue weighted by Gasteiger charge is 2.27. The lowest BCUT2D eigenvalue weighted by Crippen LogP contribution is -2.27. The van der Waals surface area contributed by atoms with Gasteiger partial charge in [0, 0.05) is 12.1 Å². The summed E-state index contributed by atoms with van der Waals surface area (Å²) in [6.45, 7) is 2.01. The molecular formula is C23H20FN3O6S. The van der Waals surface area contributed by atoms with Gasteiger partial charge in [-0.1, -0.05) is 16.9 Å². The molecule has 1 aliphatic heterocycles. The fourth-order valence-corrected chi connectivity index (χ4v) is 4.37. The van der Waals surface area contributed by atoms with E-state index in [9.17, 15) is 18.8 Å². The van der Waals surface area contributed by atoms with Crippen LogP contribution in [0.25, 0.3) is 22.4 Å². The first-order valence-electron chi connectivity index (χ1n) is 10.3. The largest absolute Gasteiger partial charge is 0.466 e. The number of hydrogen-bond donors (Lipinski definition) is 0. The number of esters is 2. The van der Waals surface area contributed by atoms with E-state index >= 15 is 0 Å². The first-order chi connectivity index (χ1) is 16.4. The zero-order valence-corrected chi connectivity index (χ0v) is 19.2.